The van der Waals surface area contributed by atoms with Gasteiger partial charge in [0.1, 0.15) is 0 Å². The van der Waals surface area contributed by atoms with Gasteiger partial charge in [-0.3, -0.25) is 4.68 Å². The molecule has 3 nitrogen and oxygen atoms in total. The molecule has 0 unspecified atom stereocenters. The third kappa shape index (κ3) is 2.42. The number of nitrogens with zero attached hydrogens (tertiary/aromatic N) is 2. The van der Waals surface area contributed by atoms with Crippen LogP contribution in [0.2, 0.25) is 0 Å². The molecular formula is C13H17N3. The van der Waals surface area contributed by atoms with E-state index in [0.717, 1.165) is 18.7 Å². The fourth-order valence-corrected chi connectivity index (χ4v) is 1.63. The summed E-state index contributed by atoms with van der Waals surface area (Å²) in [6.45, 7) is 2.97. The van der Waals surface area contributed by atoms with Crippen LogP contribution in [-0.4, -0.2) is 9.78 Å². The minimum atomic E-state index is 0.808. The number of aromatic nitrogens is 2. The zero-order valence-corrected chi connectivity index (χ0v) is 9.77. The lowest BCUT2D eigenvalue weighted by atomic mass is 10.1. The molecule has 84 valence electrons. The summed E-state index contributed by atoms with van der Waals surface area (Å²) in [5.41, 5.74) is 3.70. The molecule has 0 atom stereocenters. The average molecular weight is 215 g/mol. The molecule has 0 aliphatic rings. The van der Waals surface area contributed by atoms with Crippen molar-refractivity contribution in [2.75, 3.05) is 5.32 Å². The first-order valence-electron chi connectivity index (χ1n) is 5.59. The minimum absolute atomic E-state index is 0.808. The van der Waals surface area contributed by atoms with Crippen molar-refractivity contribution in [3.63, 3.8) is 0 Å². The highest BCUT2D eigenvalue weighted by Gasteiger charge is 1.98. The van der Waals surface area contributed by atoms with E-state index in [2.05, 4.69) is 41.6 Å². The second kappa shape index (κ2) is 4.84. The second-order valence-electron chi connectivity index (χ2n) is 3.85. The maximum Gasteiger partial charge on any atom is 0.0571 e. The first kappa shape index (κ1) is 10.7. The lowest BCUT2D eigenvalue weighted by Crippen LogP contribution is -2.05. The normalized spacial score (nSPS) is 10.4. The Labute approximate surface area is 96.1 Å². The van der Waals surface area contributed by atoms with Gasteiger partial charge >= 0.3 is 0 Å². The van der Waals surface area contributed by atoms with Crippen molar-refractivity contribution in [3.05, 3.63) is 47.8 Å². The fraction of sp³-hybridized carbons (Fsp3) is 0.308. The van der Waals surface area contributed by atoms with Crippen LogP contribution < -0.4 is 5.32 Å². The molecule has 16 heavy (non-hydrogen) atoms. The summed E-state index contributed by atoms with van der Waals surface area (Å²) in [4.78, 5) is 0. The summed E-state index contributed by atoms with van der Waals surface area (Å²) in [6, 6.07) is 10.6. The summed E-state index contributed by atoms with van der Waals surface area (Å²) >= 11 is 0. The number of benzene rings is 1. The Morgan fingerprint density at radius 1 is 1.19 bits per heavy atom. The molecule has 0 bridgehead atoms. The van der Waals surface area contributed by atoms with Crippen molar-refractivity contribution in [1.29, 1.82) is 0 Å². The van der Waals surface area contributed by atoms with Crippen molar-refractivity contribution >= 4 is 5.69 Å². The molecule has 0 spiro atoms. The van der Waals surface area contributed by atoms with Crippen molar-refractivity contribution in [2.45, 2.75) is 19.9 Å². The molecule has 2 rings (SSSR count). The number of hydrogen-bond acceptors (Lipinski definition) is 2. The molecule has 0 radical (unpaired) electrons. The van der Waals surface area contributed by atoms with Crippen LogP contribution in [0.3, 0.4) is 0 Å². The topological polar surface area (TPSA) is 29.9 Å². The van der Waals surface area contributed by atoms with Gasteiger partial charge in [-0.1, -0.05) is 19.1 Å². The largest absolute Gasteiger partial charge is 0.379 e. The Morgan fingerprint density at radius 2 is 1.94 bits per heavy atom. The molecule has 3 heteroatoms. The summed E-state index contributed by atoms with van der Waals surface area (Å²) in [5, 5.41) is 7.51. The Kier molecular flexibility index (Phi) is 3.25. The first-order chi connectivity index (χ1) is 7.79. The van der Waals surface area contributed by atoms with Gasteiger partial charge in [-0.2, -0.15) is 5.10 Å². The van der Waals surface area contributed by atoms with E-state index in [1.807, 2.05) is 24.0 Å². The van der Waals surface area contributed by atoms with Gasteiger partial charge in [0.15, 0.2) is 0 Å². The van der Waals surface area contributed by atoms with Gasteiger partial charge in [-0.25, -0.2) is 0 Å². The van der Waals surface area contributed by atoms with Crippen molar-refractivity contribution in [1.82, 2.24) is 9.78 Å². The lowest BCUT2D eigenvalue weighted by molar-refractivity contribution is 0.720. The summed E-state index contributed by atoms with van der Waals surface area (Å²) < 4.78 is 1.88. The molecule has 0 saturated carbocycles. The Hall–Kier alpha value is -1.77. The van der Waals surface area contributed by atoms with Crippen molar-refractivity contribution in [2.24, 2.45) is 7.05 Å². The maximum atomic E-state index is 4.13. The highest BCUT2D eigenvalue weighted by atomic mass is 15.3. The van der Waals surface area contributed by atoms with E-state index >= 15 is 0 Å². The molecule has 1 aromatic carbocycles. The molecular weight excluding hydrogens is 198 g/mol. The molecule has 0 aliphatic carbocycles. The van der Waals surface area contributed by atoms with E-state index in [0.29, 0.717) is 0 Å². The molecule has 0 amide bonds. The van der Waals surface area contributed by atoms with Crippen LogP contribution in [0, 0.1) is 0 Å². The van der Waals surface area contributed by atoms with E-state index in [9.17, 15) is 0 Å². The Bertz CT molecular complexity index is 442. The van der Waals surface area contributed by atoms with Crippen LogP contribution in [0.4, 0.5) is 5.69 Å². The monoisotopic (exact) mass is 215 g/mol. The first-order valence-corrected chi connectivity index (χ1v) is 5.59. The number of hydrogen-bond donors (Lipinski definition) is 1. The Morgan fingerprint density at radius 3 is 2.50 bits per heavy atom. The quantitative estimate of drug-likeness (QED) is 0.849. The van der Waals surface area contributed by atoms with Crippen LogP contribution in [0.25, 0.3) is 0 Å². The van der Waals surface area contributed by atoms with Gasteiger partial charge in [-0.05, 0) is 30.2 Å². The molecule has 0 aliphatic heterocycles. The fourth-order valence-electron chi connectivity index (χ4n) is 1.63. The zero-order chi connectivity index (χ0) is 11.4. The molecule has 0 saturated heterocycles. The second-order valence-corrected chi connectivity index (χ2v) is 3.85. The third-order valence-corrected chi connectivity index (χ3v) is 2.76. The summed E-state index contributed by atoms with van der Waals surface area (Å²) in [7, 11) is 1.96. The van der Waals surface area contributed by atoms with Gasteiger partial charge in [0, 0.05) is 18.9 Å². The van der Waals surface area contributed by atoms with Crippen molar-refractivity contribution in [3.8, 4) is 0 Å². The van der Waals surface area contributed by atoms with Crippen molar-refractivity contribution < 1.29 is 0 Å². The van der Waals surface area contributed by atoms with Gasteiger partial charge in [0.05, 0.1) is 12.2 Å². The lowest BCUT2D eigenvalue weighted by Gasteiger charge is -2.07. The highest BCUT2D eigenvalue weighted by molar-refractivity contribution is 5.44. The number of aryl methyl sites for hydroxylation is 2. The van der Waals surface area contributed by atoms with Crippen LogP contribution >= 0.6 is 0 Å². The summed E-state index contributed by atoms with van der Waals surface area (Å²) in [5.74, 6) is 0. The summed E-state index contributed by atoms with van der Waals surface area (Å²) in [6.07, 6.45) is 2.90. The number of nitrogens with one attached hydrogen (secondary N) is 1. The number of anilines is 1. The van der Waals surface area contributed by atoms with Crippen LogP contribution in [0.5, 0.6) is 0 Å². The minimum Gasteiger partial charge on any atom is -0.379 e. The average Bonchev–Trinajstić information content (AvgIpc) is 2.73. The Balaban J connectivity index is 1.97. The molecule has 1 aromatic heterocycles. The molecule has 1 heterocycles. The van der Waals surface area contributed by atoms with Crippen LogP contribution in [0.1, 0.15) is 18.2 Å². The molecule has 0 fully saturated rings. The van der Waals surface area contributed by atoms with E-state index in [-0.39, 0.29) is 0 Å². The van der Waals surface area contributed by atoms with Crippen LogP contribution in [-0.2, 0) is 20.0 Å². The van der Waals surface area contributed by atoms with Gasteiger partial charge in [0.25, 0.3) is 0 Å². The van der Waals surface area contributed by atoms with E-state index in [1.165, 1.54) is 11.3 Å². The van der Waals surface area contributed by atoms with Gasteiger partial charge < -0.3 is 5.32 Å². The standard InChI is InChI=1S/C13H17N3/c1-3-11-4-6-12(7-5-11)14-10-13-8-9-15-16(13)2/h4-9,14H,3,10H2,1-2H3. The van der Waals surface area contributed by atoms with Gasteiger partial charge in [-0.15, -0.1) is 0 Å². The molecule has 1 N–H and O–H groups in total. The maximum absolute atomic E-state index is 4.13. The smallest absolute Gasteiger partial charge is 0.0571 e. The van der Waals surface area contributed by atoms with E-state index < -0.39 is 0 Å². The zero-order valence-electron chi connectivity index (χ0n) is 9.77. The molecule has 2 aromatic rings. The number of rotatable bonds is 4. The third-order valence-electron chi connectivity index (χ3n) is 2.76. The predicted molar refractivity (Wildman–Crippen MR) is 66.4 cm³/mol. The predicted octanol–water partition coefficient (Wildman–Crippen LogP) is 2.59. The van der Waals surface area contributed by atoms with E-state index in [4.69, 9.17) is 0 Å². The van der Waals surface area contributed by atoms with E-state index in [1.54, 1.807) is 0 Å². The van der Waals surface area contributed by atoms with Crippen LogP contribution in [0.15, 0.2) is 36.5 Å². The van der Waals surface area contributed by atoms with Gasteiger partial charge in [0.2, 0.25) is 0 Å². The SMILES string of the molecule is CCc1ccc(NCc2ccnn2C)cc1. The highest BCUT2D eigenvalue weighted by Crippen LogP contribution is 2.11.